The Balaban J connectivity index is 2.58. The number of nitrogens with zero attached hydrogens (tertiary/aromatic N) is 1. The molecular formula is C12H19N3O6. The van der Waals surface area contributed by atoms with Gasteiger partial charge < -0.3 is 26.2 Å². The number of carbonyl (C=O) groups excluding carboxylic acids is 2. The van der Waals surface area contributed by atoms with Crippen LogP contribution in [0.4, 0.5) is 4.79 Å². The van der Waals surface area contributed by atoms with Crippen molar-refractivity contribution in [1.29, 1.82) is 0 Å². The molecule has 0 saturated carbocycles. The number of amides is 3. The first-order valence-corrected chi connectivity index (χ1v) is 6.60. The molecule has 1 fully saturated rings. The van der Waals surface area contributed by atoms with Crippen molar-refractivity contribution in [3.05, 3.63) is 0 Å². The molecule has 0 bridgehead atoms. The first-order chi connectivity index (χ1) is 9.81. The number of nitrogens with two attached hydrogens (primary N) is 1. The average Bonchev–Trinajstić information content (AvgIpc) is 2.42. The fraction of sp³-hybridized carbons (Fsp3) is 0.667. The standard InChI is InChI=1S/C12H19N3O6/c13-10(18)7-2-1-5-15(6-7)12(21)14-8(11(19)20)3-4-9(16)17/h7-8H,1-6H2,(H2,13,18)(H,14,21)(H,16,17)(H,19,20). The number of aliphatic carboxylic acids is 2. The highest BCUT2D eigenvalue weighted by atomic mass is 16.4. The summed E-state index contributed by atoms with van der Waals surface area (Å²) in [6, 6.07) is -1.90. The number of rotatable bonds is 6. The van der Waals surface area contributed by atoms with Crippen LogP contribution in [0.15, 0.2) is 0 Å². The van der Waals surface area contributed by atoms with E-state index in [1.54, 1.807) is 0 Å². The third-order valence-electron chi connectivity index (χ3n) is 3.35. The number of primary amides is 1. The minimum atomic E-state index is -1.30. The monoisotopic (exact) mass is 301 g/mol. The summed E-state index contributed by atoms with van der Waals surface area (Å²) in [5.41, 5.74) is 5.20. The molecule has 0 aromatic heterocycles. The van der Waals surface area contributed by atoms with Crippen molar-refractivity contribution < 1.29 is 29.4 Å². The summed E-state index contributed by atoms with van der Waals surface area (Å²) in [7, 11) is 0. The van der Waals surface area contributed by atoms with Gasteiger partial charge in [-0.15, -0.1) is 0 Å². The van der Waals surface area contributed by atoms with Crippen LogP contribution in [0.25, 0.3) is 0 Å². The largest absolute Gasteiger partial charge is 0.481 e. The summed E-state index contributed by atoms with van der Waals surface area (Å²) in [4.78, 5) is 45.9. The Morgan fingerprint density at radius 2 is 1.95 bits per heavy atom. The van der Waals surface area contributed by atoms with Crippen molar-refractivity contribution in [1.82, 2.24) is 10.2 Å². The molecule has 0 aromatic rings. The van der Waals surface area contributed by atoms with Gasteiger partial charge in [-0.25, -0.2) is 9.59 Å². The number of hydrogen-bond donors (Lipinski definition) is 4. The zero-order chi connectivity index (χ0) is 16.0. The van der Waals surface area contributed by atoms with Crippen LogP contribution in [0.3, 0.4) is 0 Å². The fourth-order valence-electron chi connectivity index (χ4n) is 2.16. The molecule has 1 aliphatic rings. The highest BCUT2D eigenvalue weighted by Gasteiger charge is 2.29. The van der Waals surface area contributed by atoms with Gasteiger partial charge in [-0.1, -0.05) is 0 Å². The molecule has 0 spiro atoms. The van der Waals surface area contributed by atoms with Crippen molar-refractivity contribution in [2.75, 3.05) is 13.1 Å². The van der Waals surface area contributed by atoms with Crippen LogP contribution in [0, 0.1) is 5.92 Å². The van der Waals surface area contributed by atoms with Gasteiger partial charge in [0, 0.05) is 19.5 Å². The van der Waals surface area contributed by atoms with Gasteiger partial charge in [-0.05, 0) is 19.3 Å². The lowest BCUT2D eigenvalue weighted by molar-refractivity contribution is -0.140. The number of carboxylic acids is 2. The summed E-state index contributed by atoms with van der Waals surface area (Å²) in [6.07, 6.45) is 0.638. The lowest BCUT2D eigenvalue weighted by atomic mass is 9.98. The lowest BCUT2D eigenvalue weighted by Crippen LogP contribution is -2.52. The molecule has 9 nitrogen and oxygen atoms in total. The van der Waals surface area contributed by atoms with E-state index < -0.39 is 35.8 Å². The van der Waals surface area contributed by atoms with Crippen LogP contribution < -0.4 is 11.1 Å². The smallest absolute Gasteiger partial charge is 0.326 e. The van der Waals surface area contributed by atoms with Gasteiger partial charge in [0.25, 0.3) is 0 Å². The SMILES string of the molecule is NC(=O)C1CCCN(C(=O)NC(CCC(=O)O)C(=O)O)C1. The summed E-state index contributed by atoms with van der Waals surface area (Å²) in [5, 5.41) is 19.8. The molecule has 1 aliphatic heterocycles. The van der Waals surface area contributed by atoms with E-state index in [9.17, 15) is 19.2 Å². The molecule has 0 radical (unpaired) electrons. The lowest BCUT2D eigenvalue weighted by Gasteiger charge is -2.32. The molecule has 1 rings (SSSR count). The molecule has 5 N–H and O–H groups in total. The average molecular weight is 301 g/mol. The maximum absolute atomic E-state index is 12.0. The molecule has 1 heterocycles. The second-order valence-corrected chi connectivity index (χ2v) is 4.96. The maximum atomic E-state index is 12.0. The van der Waals surface area contributed by atoms with Crippen molar-refractivity contribution in [2.45, 2.75) is 31.7 Å². The van der Waals surface area contributed by atoms with Gasteiger partial charge in [0.1, 0.15) is 6.04 Å². The van der Waals surface area contributed by atoms with E-state index in [-0.39, 0.29) is 19.4 Å². The second-order valence-electron chi connectivity index (χ2n) is 4.96. The number of hydrogen-bond acceptors (Lipinski definition) is 4. The molecule has 1 saturated heterocycles. The first-order valence-electron chi connectivity index (χ1n) is 6.60. The number of carbonyl (C=O) groups is 4. The van der Waals surface area contributed by atoms with Gasteiger partial charge >= 0.3 is 18.0 Å². The highest BCUT2D eigenvalue weighted by molar-refractivity contribution is 5.84. The van der Waals surface area contributed by atoms with Crippen molar-refractivity contribution >= 4 is 23.9 Å². The number of urea groups is 1. The molecular weight excluding hydrogens is 282 g/mol. The molecule has 0 aliphatic carbocycles. The molecule has 0 aromatic carbocycles. The minimum Gasteiger partial charge on any atom is -0.481 e. The van der Waals surface area contributed by atoms with Crippen LogP contribution >= 0.6 is 0 Å². The summed E-state index contributed by atoms with van der Waals surface area (Å²) >= 11 is 0. The predicted octanol–water partition coefficient (Wildman–Crippen LogP) is -0.789. The summed E-state index contributed by atoms with van der Waals surface area (Å²) < 4.78 is 0. The molecule has 3 amide bonds. The molecule has 2 unspecified atom stereocenters. The number of piperidine rings is 1. The Hall–Kier alpha value is -2.32. The van der Waals surface area contributed by atoms with Gasteiger partial charge in [0.2, 0.25) is 5.91 Å². The van der Waals surface area contributed by atoms with E-state index >= 15 is 0 Å². The predicted molar refractivity (Wildman–Crippen MR) is 70.3 cm³/mol. The van der Waals surface area contributed by atoms with Gasteiger partial charge in [-0.3, -0.25) is 9.59 Å². The Bertz CT molecular complexity index is 439. The van der Waals surface area contributed by atoms with E-state index in [2.05, 4.69) is 5.32 Å². The van der Waals surface area contributed by atoms with Crippen LogP contribution in [0.1, 0.15) is 25.7 Å². The number of nitrogens with one attached hydrogen (secondary N) is 1. The molecule has 9 heteroatoms. The van der Waals surface area contributed by atoms with Gasteiger partial charge in [0.15, 0.2) is 0 Å². The van der Waals surface area contributed by atoms with Gasteiger partial charge in [0.05, 0.1) is 5.92 Å². The molecule has 118 valence electrons. The van der Waals surface area contributed by atoms with E-state index in [1.165, 1.54) is 4.90 Å². The number of carboxylic acid groups (broad SMARTS) is 2. The van der Waals surface area contributed by atoms with Crippen LogP contribution in [0.5, 0.6) is 0 Å². The maximum Gasteiger partial charge on any atom is 0.326 e. The first kappa shape index (κ1) is 16.7. The Kier molecular flexibility index (Phi) is 5.94. The third-order valence-corrected chi connectivity index (χ3v) is 3.35. The van der Waals surface area contributed by atoms with E-state index in [1.807, 2.05) is 0 Å². The van der Waals surface area contributed by atoms with Crippen molar-refractivity contribution in [2.24, 2.45) is 11.7 Å². The van der Waals surface area contributed by atoms with E-state index in [4.69, 9.17) is 15.9 Å². The topological polar surface area (TPSA) is 150 Å². The van der Waals surface area contributed by atoms with Crippen molar-refractivity contribution in [3.63, 3.8) is 0 Å². The van der Waals surface area contributed by atoms with Crippen LogP contribution in [-0.2, 0) is 14.4 Å². The number of likely N-dealkylation sites (tertiary alicyclic amines) is 1. The van der Waals surface area contributed by atoms with E-state index in [0.717, 1.165) is 0 Å². The third kappa shape index (κ3) is 5.28. The Labute approximate surface area is 121 Å². The fourth-order valence-corrected chi connectivity index (χ4v) is 2.16. The minimum absolute atomic E-state index is 0.145. The van der Waals surface area contributed by atoms with Crippen LogP contribution in [0.2, 0.25) is 0 Å². The summed E-state index contributed by atoms with van der Waals surface area (Å²) in [6.45, 7) is 0.549. The van der Waals surface area contributed by atoms with Gasteiger partial charge in [-0.2, -0.15) is 0 Å². The Morgan fingerprint density at radius 3 is 2.48 bits per heavy atom. The van der Waals surface area contributed by atoms with Crippen molar-refractivity contribution in [3.8, 4) is 0 Å². The van der Waals surface area contributed by atoms with Crippen LogP contribution in [-0.4, -0.2) is 58.1 Å². The molecule has 21 heavy (non-hydrogen) atoms. The summed E-state index contributed by atoms with van der Waals surface area (Å²) in [5.74, 6) is -3.37. The zero-order valence-electron chi connectivity index (χ0n) is 11.4. The zero-order valence-corrected chi connectivity index (χ0v) is 11.4. The van der Waals surface area contributed by atoms with E-state index in [0.29, 0.717) is 19.4 Å². The highest BCUT2D eigenvalue weighted by Crippen LogP contribution is 2.16. The molecule has 2 atom stereocenters. The second kappa shape index (κ2) is 7.46. The quantitative estimate of drug-likeness (QED) is 0.505. The normalized spacial score (nSPS) is 19.6. The Morgan fingerprint density at radius 1 is 1.29 bits per heavy atom.